The maximum absolute atomic E-state index is 12.7. The van der Waals surface area contributed by atoms with Gasteiger partial charge in [-0.15, -0.1) is 0 Å². The predicted octanol–water partition coefficient (Wildman–Crippen LogP) is 7.83. The summed E-state index contributed by atoms with van der Waals surface area (Å²) in [7, 11) is -2.74. The van der Waals surface area contributed by atoms with Crippen LogP contribution in [0.5, 0.6) is 0 Å². The van der Waals surface area contributed by atoms with Crippen molar-refractivity contribution in [2.24, 2.45) is 0 Å². The summed E-state index contributed by atoms with van der Waals surface area (Å²) in [6.07, 6.45) is 8.28. The van der Waals surface area contributed by atoms with Gasteiger partial charge in [-0.2, -0.15) is 0 Å². The van der Waals surface area contributed by atoms with E-state index in [0.29, 0.717) is 19.6 Å². The van der Waals surface area contributed by atoms with Gasteiger partial charge in [-0.3, -0.25) is 4.79 Å². The Labute approximate surface area is 249 Å². The first kappa shape index (κ1) is 32.8. The van der Waals surface area contributed by atoms with E-state index in [4.69, 9.17) is 13.9 Å². The van der Waals surface area contributed by atoms with E-state index in [-0.39, 0.29) is 23.7 Å². The van der Waals surface area contributed by atoms with Gasteiger partial charge in [0.05, 0.1) is 13.2 Å². The lowest BCUT2D eigenvalue weighted by molar-refractivity contribution is -0.149. The van der Waals surface area contributed by atoms with E-state index in [1.807, 2.05) is 42.5 Å². The van der Waals surface area contributed by atoms with Crippen molar-refractivity contribution in [3.8, 4) is 0 Å². The molecular weight excluding hydrogens is 524 g/mol. The van der Waals surface area contributed by atoms with Gasteiger partial charge < -0.3 is 13.9 Å². The number of unbranched alkanes of at least 4 members (excludes halogenated alkanes) is 6. The Bertz CT molecular complexity index is 1070. The average molecular weight is 575 g/mol. The molecule has 0 N–H and O–H groups in total. The van der Waals surface area contributed by atoms with Crippen molar-refractivity contribution in [1.29, 1.82) is 0 Å². The molecule has 3 aromatic carbocycles. The molecule has 0 saturated heterocycles. The zero-order valence-corrected chi connectivity index (χ0v) is 26.6. The second-order valence-corrected chi connectivity index (χ2v) is 16.3. The van der Waals surface area contributed by atoms with Gasteiger partial charge in [-0.05, 0) is 27.4 Å². The molecule has 0 aliphatic carbocycles. The van der Waals surface area contributed by atoms with Crippen molar-refractivity contribution >= 4 is 24.7 Å². The van der Waals surface area contributed by atoms with Crippen LogP contribution in [0.3, 0.4) is 0 Å². The van der Waals surface area contributed by atoms with Gasteiger partial charge in [0.2, 0.25) is 0 Å². The highest BCUT2D eigenvalue weighted by Crippen LogP contribution is 2.37. The largest absolute Gasteiger partial charge is 0.463 e. The second-order valence-electron chi connectivity index (χ2n) is 11.9. The fraction of sp³-hybridized carbons (Fsp3) is 0.472. The van der Waals surface area contributed by atoms with Crippen LogP contribution in [0.25, 0.3) is 0 Å². The van der Waals surface area contributed by atoms with E-state index < -0.39 is 8.32 Å². The highest BCUT2D eigenvalue weighted by atomic mass is 28.4. The number of hydrogen-bond acceptors (Lipinski definition) is 4. The first-order valence-electron chi connectivity index (χ1n) is 15.4. The number of esters is 1. The molecular formula is C36H50O4Si. The van der Waals surface area contributed by atoms with Crippen LogP contribution in [0.4, 0.5) is 0 Å². The molecule has 4 nitrogen and oxygen atoms in total. The SMILES string of the molecule is CCCCCCCCCC(=O)OCC(CO[Si](c1ccccc1)(c1ccccc1)C(C)(C)C)OCc1ccccc1. The fourth-order valence-electron chi connectivity index (χ4n) is 5.40. The molecule has 0 aliphatic rings. The molecule has 0 aromatic heterocycles. The molecule has 0 aliphatic heterocycles. The van der Waals surface area contributed by atoms with E-state index in [1.165, 1.54) is 42.5 Å². The Kier molecular flexibility index (Phi) is 13.8. The summed E-state index contributed by atoms with van der Waals surface area (Å²) in [4.78, 5) is 12.7. The quantitative estimate of drug-likeness (QED) is 0.0882. The standard InChI is InChI=1S/C36H50O4Si/c1-5-6-7-8-9-10-20-27-35(37)39-29-32(38-28-31-21-14-11-15-22-31)30-40-41(36(2,3)4,33-23-16-12-17-24-33)34-25-18-13-19-26-34/h11-19,21-26,32H,5-10,20,27-30H2,1-4H3. The van der Waals surface area contributed by atoms with Crippen molar-refractivity contribution in [1.82, 2.24) is 0 Å². The summed E-state index contributed by atoms with van der Waals surface area (Å²) in [5, 5.41) is 2.29. The molecule has 41 heavy (non-hydrogen) atoms. The van der Waals surface area contributed by atoms with Crippen LogP contribution < -0.4 is 10.4 Å². The number of rotatable bonds is 18. The van der Waals surface area contributed by atoms with Gasteiger partial charge in [-0.25, -0.2) is 0 Å². The van der Waals surface area contributed by atoms with Gasteiger partial charge in [0.1, 0.15) is 12.7 Å². The highest BCUT2D eigenvalue weighted by Gasteiger charge is 2.50. The minimum Gasteiger partial charge on any atom is -0.463 e. The van der Waals surface area contributed by atoms with Gasteiger partial charge >= 0.3 is 5.97 Å². The molecule has 0 heterocycles. The maximum atomic E-state index is 12.7. The third-order valence-electron chi connectivity index (χ3n) is 7.65. The summed E-state index contributed by atoms with van der Waals surface area (Å²) in [6, 6.07) is 31.3. The Morgan fingerprint density at radius 2 is 1.22 bits per heavy atom. The molecule has 1 unspecified atom stereocenters. The minimum absolute atomic E-state index is 0.145. The molecule has 3 rings (SSSR count). The van der Waals surface area contributed by atoms with Gasteiger partial charge in [0.25, 0.3) is 8.32 Å². The minimum atomic E-state index is -2.74. The van der Waals surface area contributed by atoms with E-state index >= 15 is 0 Å². The van der Waals surface area contributed by atoms with Gasteiger partial charge in [0.15, 0.2) is 0 Å². The van der Waals surface area contributed by atoms with Gasteiger partial charge in [-0.1, -0.05) is 157 Å². The number of hydrogen-bond donors (Lipinski definition) is 0. The monoisotopic (exact) mass is 574 g/mol. The molecule has 222 valence electrons. The van der Waals surface area contributed by atoms with Gasteiger partial charge in [0, 0.05) is 6.42 Å². The molecule has 0 amide bonds. The number of carbonyl (C=O) groups is 1. The molecule has 0 fully saturated rings. The average Bonchev–Trinajstić information content (AvgIpc) is 2.99. The second kappa shape index (κ2) is 17.3. The number of benzene rings is 3. The molecule has 0 spiro atoms. The van der Waals surface area contributed by atoms with Crippen LogP contribution >= 0.6 is 0 Å². The zero-order valence-electron chi connectivity index (χ0n) is 25.6. The van der Waals surface area contributed by atoms with Crippen LogP contribution in [-0.2, 0) is 25.3 Å². The van der Waals surface area contributed by atoms with Crippen molar-refractivity contribution in [2.45, 2.75) is 96.8 Å². The molecule has 0 radical (unpaired) electrons. The van der Waals surface area contributed by atoms with E-state index in [9.17, 15) is 4.79 Å². The first-order valence-corrected chi connectivity index (χ1v) is 17.3. The molecule has 0 bridgehead atoms. The Balaban J connectivity index is 1.72. The third kappa shape index (κ3) is 10.2. The lowest BCUT2D eigenvalue weighted by Gasteiger charge is -2.43. The van der Waals surface area contributed by atoms with Crippen LogP contribution in [0, 0.1) is 0 Å². The van der Waals surface area contributed by atoms with Crippen LogP contribution in [-0.4, -0.2) is 33.6 Å². The number of carbonyl (C=O) groups excluding carboxylic acids is 1. The Morgan fingerprint density at radius 3 is 1.76 bits per heavy atom. The van der Waals surface area contributed by atoms with Crippen LogP contribution in [0.2, 0.25) is 5.04 Å². The van der Waals surface area contributed by atoms with E-state index in [1.54, 1.807) is 0 Å². The lowest BCUT2D eigenvalue weighted by Crippen LogP contribution is -2.67. The Hall–Kier alpha value is -2.73. The van der Waals surface area contributed by atoms with Crippen molar-refractivity contribution < 1.29 is 18.7 Å². The van der Waals surface area contributed by atoms with Crippen molar-refractivity contribution in [3.05, 3.63) is 96.6 Å². The third-order valence-corrected chi connectivity index (χ3v) is 12.7. The highest BCUT2D eigenvalue weighted by molar-refractivity contribution is 6.99. The summed E-state index contributed by atoms with van der Waals surface area (Å²) in [5.41, 5.74) is 1.08. The topological polar surface area (TPSA) is 44.8 Å². The van der Waals surface area contributed by atoms with Crippen LogP contribution in [0.15, 0.2) is 91.0 Å². The summed E-state index contributed by atoms with van der Waals surface area (Å²) < 4.78 is 19.2. The normalized spacial score (nSPS) is 12.7. The van der Waals surface area contributed by atoms with E-state index in [0.717, 1.165) is 18.4 Å². The molecule has 3 aromatic rings. The zero-order chi connectivity index (χ0) is 29.4. The predicted molar refractivity (Wildman–Crippen MR) is 172 cm³/mol. The maximum Gasteiger partial charge on any atom is 0.305 e. The van der Waals surface area contributed by atoms with Crippen molar-refractivity contribution in [2.75, 3.05) is 13.2 Å². The fourth-order valence-corrected chi connectivity index (χ4v) is 9.99. The van der Waals surface area contributed by atoms with Crippen LogP contribution in [0.1, 0.15) is 84.6 Å². The molecule has 0 saturated carbocycles. The lowest BCUT2D eigenvalue weighted by atomic mass is 10.1. The summed E-state index contributed by atoms with van der Waals surface area (Å²) in [5.74, 6) is -0.155. The molecule has 1 atom stereocenters. The first-order chi connectivity index (χ1) is 19.9. The number of ether oxygens (including phenoxy) is 2. The Morgan fingerprint density at radius 1 is 0.707 bits per heavy atom. The smallest absolute Gasteiger partial charge is 0.305 e. The van der Waals surface area contributed by atoms with E-state index in [2.05, 4.69) is 76.2 Å². The summed E-state index contributed by atoms with van der Waals surface area (Å²) in [6.45, 7) is 9.98. The van der Waals surface area contributed by atoms with Crippen molar-refractivity contribution in [3.63, 3.8) is 0 Å². The summed E-state index contributed by atoms with van der Waals surface area (Å²) >= 11 is 0. The molecule has 5 heteroatoms.